The molecule has 2 aromatic carbocycles. The fourth-order valence-corrected chi connectivity index (χ4v) is 5.07. The summed E-state index contributed by atoms with van der Waals surface area (Å²) in [4.78, 5) is 12.4. The fourth-order valence-electron chi connectivity index (χ4n) is 3.54. The highest BCUT2D eigenvalue weighted by molar-refractivity contribution is 7.91. The van der Waals surface area contributed by atoms with Crippen molar-refractivity contribution in [2.75, 3.05) is 11.1 Å². The first kappa shape index (κ1) is 21.5. The lowest BCUT2D eigenvalue weighted by Gasteiger charge is -2.13. The molecule has 2 aromatic rings. The lowest BCUT2D eigenvalue weighted by atomic mass is 10.1. The van der Waals surface area contributed by atoms with Gasteiger partial charge in [-0.2, -0.15) is 0 Å². The molecular formula is C22H26N2O3S2. The van der Waals surface area contributed by atoms with Crippen LogP contribution < -0.4 is 10.6 Å². The van der Waals surface area contributed by atoms with Gasteiger partial charge in [0.1, 0.15) is 0 Å². The third kappa shape index (κ3) is 6.37. The van der Waals surface area contributed by atoms with Crippen molar-refractivity contribution in [2.24, 2.45) is 5.92 Å². The summed E-state index contributed by atoms with van der Waals surface area (Å²) in [6, 6.07) is 16.3. The normalized spacial score (nSPS) is 14.5. The molecule has 0 spiro atoms. The quantitative estimate of drug-likeness (QED) is 0.647. The molecule has 2 N–H and O–H groups in total. The van der Waals surface area contributed by atoms with E-state index in [1.807, 2.05) is 30.3 Å². The monoisotopic (exact) mass is 430 g/mol. The number of thiocarbonyl (C=S) groups is 1. The second-order valence-corrected chi connectivity index (χ2v) is 9.87. The molecular weight excluding hydrogens is 404 g/mol. The molecule has 0 radical (unpaired) electrons. The predicted octanol–water partition coefficient (Wildman–Crippen LogP) is 4.10. The Morgan fingerprint density at radius 3 is 2.31 bits per heavy atom. The van der Waals surface area contributed by atoms with Gasteiger partial charge in [-0.25, -0.2) is 8.42 Å². The number of nitrogens with one attached hydrogen (secondary N) is 2. The van der Waals surface area contributed by atoms with E-state index in [0.29, 0.717) is 12.1 Å². The number of carbonyl (C=O) groups excluding carboxylic acids is 1. The second kappa shape index (κ2) is 9.98. The van der Waals surface area contributed by atoms with Crippen LogP contribution in [0.5, 0.6) is 0 Å². The van der Waals surface area contributed by atoms with E-state index in [1.165, 1.54) is 0 Å². The molecule has 0 bridgehead atoms. The van der Waals surface area contributed by atoms with Gasteiger partial charge in [-0.15, -0.1) is 0 Å². The molecule has 0 aliphatic heterocycles. The predicted molar refractivity (Wildman–Crippen MR) is 120 cm³/mol. The first-order valence-corrected chi connectivity index (χ1v) is 12.0. The molecule has 1 aliphatic carbocycles. The van der Waals surface area contributed by atoms with Crippen LogP contribution in [0.25, 0.3) is 0 Å². The molecule has 154 valence electrons. The SMILES string of the molecule is O=C(NC(=S)Nc1ccc(S(=O)(=O)CCCc2ccccc2)cc1)C1CCCC1. The van der Waals surface area contributed by atoms with Gasteiger partial charge in [0.15, 0.2) is 14.9 Å². The van der Waals surface area contributed by atoms with Gasteiger partial charge in [0.25, 0.3) is 0 Å². The van der Waals surface area contributed by atoms with Crippen LogP contribution in [0.2, 0.25) is 0 Å². The number of rotatable bonds is 7. The zero-order valence-electron chi connectivity index (χ0n) is 16.3. The van der Waals surface area contributed by atoms with Gasteiger partial charge in [0, 0.05) is 11.6 Å². The molecule has 1 saturated carbocycles. The maximum Gasteiger partial charge on any atom is 0.229 e. The lowest BCUT2D eigenvalue weighted by molar-refractivity contribution is -0.123. The summed E-state index contributed by atoms with van der Waals surface area (Å²) >= 11 is 5.20. The molecule has 0 atom stereocenters. The third-order valence-corrected chi connectivity index (χ3v) is 7.18. The van der Waals surface area contributed by atoms with E-state index in [1.54, 1.807) is 24.3 Å². The smallest absolute Gasteiger partial charge is 0.229 e. The van der Waals surface area contributed by atoms with E-state index in [9.17, 15) is 13.2 Å². The minimum Gasteiger partial charge on any atom is -0.332 e. The van der Waals surface area contributed by atoms with Gasteiger partial charge in [0.2, 0.25) is 5.91 Å². The van der Waals surface area contributed by atoms with Crippen LogP contribution in [0.3, 0.4) is 0 Å². The van der Waals surface area contributed by atoms with Crippen molar-refractivity contribution < 1.29 is 13.2 Å². The van der Waals surface area contributed by atoms with Crippen LogP contribution in [0.4, 0.5) is 5.69 Å². The molecule has 3 rings (SSSR count). The fraction of sp³-hybridized carbons (Fsp3) is 0.364. The Morgan fingerprint density at radius 2 is 1.66 bits per heavy atom. The number of sulfone groups is 1. The van der Waals surface area contributed by atoms with E-state index in [0.717, 1.165) is 37.7 Å². The number of anilines is 1. The first-order valence-electron chi connectivity index (χ1n) is 9.93. The van der Waals surface area contributed by atoms with Crippen molar-refractivity contribution in [2.45, 2.75) is 43.4 Å². The van der Waals surface area contributed by atoms with Crippen molar-refractivity contribution in [1.82, 2.24) is 5.32 Å². The number of aryl methyl sites for hydroxylation is 1. The molecule has 29 heavy (non-hydrogen) atoms. The van der Waals surface area contributed by atoms with Gasteiger partial charge in [-0.1, -0.05) is 43.2 Å². The van der Waals surface area contributed by atoms with Crippen LogP contribution in [0, 0.1) is 5.92 Å². The van der Waals surface area contributed by atoms with Crippen molar-refractivity contribution in [3.63, 3.8) is 0 Å². The highest BCUT2D eigenvalue weighted by atomic mass is 32.2. The van der Waals surface area contributed by atoms with E-state index in [2.05, 4.69) is 10.6 Å². The largest absolute Gasteiger partial charge is 0.332 e. The maximum atomic E-state index is 12.5. The van der Waals surface area contributed by atoms with Gasteiger partial charge in [0.05, 0.1) is 10.6 Å². The van der Waals surface area contributed by atoms with E-state index < -0.39 is 9.84 Å². The Kier molecular flexibility index (Phi) is 7.39. The number of amides is 1. The minimum absolute atomic E-state index is 0.0400. The molecule has 0 unspecified atom stereocenters. The van der Waals surface area contributed by atoms with Crippen molar-refractivity contribution in [3.05, 3.63) is 60.2 Å². The Balaban J connectivity index is 1.50. The molecule has 7 heteroatoms. The van der Waals surface area contributed by atoms with Crippen LogP contribution in [-0.4, -0.2) is 25.2 Å². The van der Waals surface area contributed by atoms with Gasteiger partial charge in [-0.3, -0.25) is 4.79 Å². The topological polar surface area (TPSA) is 75.3 Å². The lowest BCUT2D eigenvalue weighted by Crippen LogP contribution is -2.37. The average molecular weight is 431 g/mol. The highest BCUT2D eigenvalue weighted by Gasteiger charge is 2.23. The minimum atomic E-state index is -3.34. The Hall–Kier alpha value is -2.25. The van der Waals surface area contributed by atoms with Crippen molar-refractivity contribution >= 4 is 38.8 Å². The van der Waals surface area contributed by atoms with Crippen molar-refractivity contribution in [1.29, 1.82) is 0 Å². The molecule has 5 nitrogen and oxygen atoms in total. The molecule has 1 aliphatic rings. The zero-order valence-corrected chi connectivity index (χ0v) is 17.9. The average Bonchev–Trinajstić information content (AvgIpc) is 3.24. The van der Waals surface area contributed by atoms with Crippen LogP contribution >= 0.6 is 12.2 Å². The summed E-state index contributed by atoms with van der Waals surface area (Å²) in [5.74, 6) is 0.0978. The third-order valence-electron chi connectivity index (χ3n) is 5.16. The summed E-state index contributed by atoms with van der Waals surface area (Å²) in [5.41, 5.74) is 1.78. The van der Waals surface area contributed by atoms with Crippen LogP contribution in [-0.2, 0) is 21.1 Å². The summed E-state index contributed by atoms with van der Waals surface area (Å²) in [7, 11) is -3.34. The van der Waals surface area contributed by atoms with Gasteiger partial charge in [-0.05, 0) is 67.7 Å². The second-order valence-electron chi connectivity index (χ2n) is 7.36. The van der Waals surface area contributed by atoms with Crippen LogP contribution in [0.15, 0.2) is 59.5 Å². The maximum absolute atomic E-state index is 12.5. The number of hydrogen-bond acceptors (Lipinski definition) is 4. The van der Waals surface area contributed by atoms with Crippen molar-refractivity contribution in [3.8, 4) is 0 Å². The molecule has 1 amide bonds. The summed E-state index contributed by atoms with van der Waals surface area (Å²) in [5, 5.41) is 5.90. The summed E-state index contributed by atoms with van der Waals surface area (Å²) < 4.78 is 25.1. The Bertz CT molecular complexity index is 936. The van der Waals surface area contributed by atoms with E-state index in [-0.39, 0.29) is 27.6 Å². The number of benzene rings is 2. The zero-order chi connectivity index (χ0) is 20.7. The number of hydrogen-bond donors (Lipinski definition) is 2. The molecule has 0 aromatic heterocycles. The Morgan fingerprint density at radius 1 is 1.00 bits per heavy atom. The standard InChI is InChI=1S/C22H26N2O3S2/c25-21(18-10-4-5-11-18)24-22(28)23-19-12-14-20(15-13-19)29(26,27)16-6-9-17-7-2-1-3-8-17/h1-3,7-8,12-15,18H,4-6,9-11,16H2,(H2,23,24,25,28). The van der Waals surface area contributed by atoms with E-state index >= 15 is 0 Å². The highest BCUT2D eigenvalue weighted by Crippen LogP contribution is 2.24. The molecule has 0 heterocycles. The molecule has 1 fully saturated rings. The van der Waals surface area contributed by atoms with Gasteiger partial charge >= 0.3 is 0 Å². The Labute approximate surface area is 177 Å². The summed E-state index contributed by atoms with van der Waals surface area (Å²) in [6.07, 6.45) is 5.29. The molecule has 0 saturated heterocycles. The van der Waals surface area contributed by atoms with Crippen LogP contribution in [0.1, 0.15) is 37.7 Å². The number of carbonyl (C=O) groups is 1. The van der Waals surface area contributed by atoms with Gasteiger partial charge < -0.3 is 10.6 Å². The first-order chi connectivity index (χ1) is 13.9. The summed E-state index contributed by atoms with van der Waals surface area (Å²) in [6.45, 7) is 0. The van der Waals surface area contributed by atoms with E-state index in [4.69, 9.17) is 12.2 Å².